The summed E-state index contributed by atoms with van der Waals surface area (Å²) in [5.74, 6) is 0.0261. The van der Waals surface area contributed by atoms with Gasteiger partial charge in [0.15, 0.2) is 0 Å². The van der Waals surface area contributed by atoms with E-state index >= 15 is 0 Å². The van der Waals surface area contributed by atoms with Crippen LogP contribution in [0.3, 0.4) is 0 Å². The van der Waals surface area contributed by atoms with Crippen molar-refractivity contribution in [3.05, 3.63) is 33.9 Å². The van der Waals surface area contributed by atoms with E-state index in [1.807, 2.05) is 13.0 Å². The van der Waals surface area contributed by atoms with Crippen LogP contribution in [0.4, 0.5) is 11.4 Å². The standard InChI is InChI=1S/C14H22N4O3/c1-10-3-4-13(14(7-10)18(20)21)17-9-12(5-6-15)8-16-11(2)19/h3-4,7,12,17H,5-6,8-9,15H2,1-2H3,(H,16,19). The van der Waals surface area contributed by atoms with Crippen LogP contribution in [0.15, 0.2) is 18.2 Å². The number of amides is 1. The van der Waals surface area contributed by atoms with Crippen molar-refractivity contribution in [3.63, 3.8) is 0 Å². The number of nitro benzene ring substituents is 1. The van der Waals surface area contributed by atoms with Gasteiger partial charge in [0.25, 0.3) is 5.69 Å². The Hall–Kier alpha value is -2.15. The molecule has 0 aromatic heterocycles. The van der Waals surface area contributed by atoms with E-state index in [4.69, 9.17) is 5.73 Å². The van der Waals surface area contributed by atoms with Gasteiger partial charge in [-0.15, -0.1) is 0 Å². The first-order valence-corrected chi connectivity index (χ1v) is 6.87. The number of nitrogens with one attached hydrogen (secondary N) is 2. The number of nitrogens with two attached hydrogens (primary N) is 1. The lowest BCUT2D eigenvalue weighted by Gasteiger charge is -2.18. The molecular weight excluding hydrogens is 272 g/mol. The number of carbonyl (C=O) groups excluding carboxylic acids is 1. The van der Waals surface area contributed by atoms with Gasteiger partial charge in [-0.25, -0.2) is 0 Å². The SMILES string of the molecule is CC(=O)NCC(CCN)CNc1ccc(C)cc1[N+](=O)[O-]. The van der Waals surface area contributed by atoms with Gasteiger partial charge in [-0.1, -0.05) is 6.07 Å². The largest absolute Gasteiger partial charge is 0.379 e. The highest BCUT2D eigenvalue weighted by Gasteiger charge is 2.15. The van der Waals surface area contributed by atoms with Crippen molar-refractivity contribution in [1.29, 1.82) is 0 Å². The molecule has 1 aromatic rings. The normalized spacial score (nSPS) is 11.8. The number of rotatable bonds is 8. The Morgan fingerprint density at radius 1 is 1.43 bits per heavy atom. The zero-order valence-corrected chi connectivity index (χ0v) is 12.4. The molecule has 1 aromatic carbocycles. The summed E-state index contributed by atoms with van der Waals surface area (Å²) >= 11 is 0. The van der Waals surface area contributed by atoms with Crippen molar-refractivity contribution >= 4 is 17.3 Å². The first-order chi connectivity index (χ1) is 9.93. The Bertz CT molecular complexity index is 505. The number of nitrogens with zero attached hydrogens (tertiary/aromatic N) is 1. The molecule has 1 rings (SSSR count). The predicted octanol–water partition coefficient (Wildman–Crippen LogP) is 1.42. The van der Waals surface area contributed by atoms with E-state index in [0.29, 0.717) is 25.3 Å². The number of carbonyl (C=O) groups is 1. The summed E-state index contributed by atoms with van der Waals surface area (Å²) < 4.78 is 0. The molecular formula is C14H22N4O3. The highest BCUT2D eigenvalue weighted by molar-refractivity contribution is 5.72. The molecule has 0 saturated heterocycles. The predicted molar refractivity (Wildman–Crippen MR) is 82.2 cm³/mol. The van der Waals surface area contributed by atoms with Gasteiger partial charge >= 0.3 is 0 Å². The van der Waals surface area contributed by atoms with Gasteiger partial charge < -0.3 is 16.4 Å². The van der Waals surface area contributed by atoms with E-state index in [1.165, 1.54) is 13.0 Å². The fourth-order valence-electron chi connectivity index (χ4n) is 2.00. The van der Waals surface area contributed by atoms with Crippen LogP contribution in [0.25, 0.3) is 0 Å². The van der Waals surface area contributed by atoms with Gasteiger partial charge in [-0.2, -0.15) is 0 Å². The maximum Gasteiger partial charge on any atom is 0.292 e. The lowest BCUT2D eigenvalue weighted by Crippen LogP contribution is -2.32. The zero-order valence-electron chi connectivity index (χ0n) is 12.4. The summed E-state index contributed by atoms with van der Waals surface area (Å²) in [6.45, 7) is 4.78. The van der Waals surface area contributed by atoms with Crippen molar-refractivity contribution < 1.29 is 9.72 Å². The molecule has 0 spiro atoms. The van der Waals surface area contributed by atoms with Crippen molar-refractivity contribution in [2.75, 3.05) is 25.0 Å². The number of benzene rings is 1. The molecule has 0 saturated carbocycles. The van der Waals surface area contributed by atoms with Crippen LogP contribution < -0.4 is 16.4 Å². The summed E-state index contributed by atoms with van der Waals surface area (Å²) in [6.07, 6.45) is 0.729. The highest BCUT2D eigenvalue weighted by atomic mass is 16.6. The van der Waals surface area contributed by atoms with Gasteiger partial charge in [0.1, 0.15) is 5.69 Å². The third-order valence-electron chi connectivity index (χ3n) is 3.15. The smallest absolute Gasteiger partial charge is 0.292 e. The minimum Gasteiger partial charge on any atom is -0.379 e. The van der Waals surface area contributed by atoms with Gasteiger partial charge in [-0.05, 0) is 37.4 Å². The van der Waals surface area contributed by atoms with E-state index in [9.17, 15) is 14.9 Å². The molecule has 7 heteroatoms. The van der Waals surface area contributed by atoms with Crippen LogP contribution in [0.5, 0.6) is 0 Å². The summed E-state index contributed by atoms with van der Waals surface area (Å²) in [5, 5.41) is 16.9. The lowest BCUT2D eigenvalue weighted by molar-refractivity contribution is -0.384. The molecule has 0 aliphatic heterocycles. The van der Waals surface area contributed by atoms with Gasteiger partial charge in [-0.3, -0.25) is 14.9 Å². The Labute approximate surface area is 124 Å². The second-order valence-electron chi connectivity index (χ2n) is 5.04. The number of nitro groups is 1. The molecule has 7 nitrogen and oxygen atoms in total. The molecule has 1 unspecified atom stereocenters. The Morgan fingerprint density at radius 3 is 2.71 bits per heavy atom. The molecule has 21 heavy (non-hydrogen) atoms. The second-order valence-corrected chi connectivity index (χ2v) is 5.04. The minimum absolute atomic E-state index is 0.0565. The van der Waals surface area contributed by atoms with E-state index in [1.54, 1.807) is 6.07 Å². The van der Waals surface area contributed by atoms with Gasteiger partial charge in [0, 0.05) is 26.1 Å². The van der Waals surface area contributed by atoms with E-state index < -0.39 is 4.92 Å². The summed E-state index contributed by atoms with van der Waals surface area (Å²) in [5.41, 5.74) is 6.93. The van der Waals surface area contributed by atoms with Crippen molar-refractivity contribution in [2.24, 2.45) is 11.7 Å². The molecule has 0 aliphatic rings. The third kappa shape index (κ3) is 5.78. The molecule has 1 atom stereocenters. The maximum absolute atomic E-state index is 11.0. The average Bonchev–Trinajstić information content (AvgIpc) is 2.42. The van der Waals surface area contributed by atoms with Crippen LogP contribution in [0.1, 0.15) is 18.9 Å². The van der Waals surface area contributed by atoms with Gasteiger partial charge in [0.2, 0.25) is 5.91 Å². The minimum atomic E-state index is -0.402. The molecule has 0 aliphatic carbocycles. The number of hydrogen-bond acceptors (Lipinski definition) is 5. The summed E-state index contributed by atoms with van der Waals surface area (Å²) in [6, 6.07) is 5.06. The van der Waals surface area contributed by atoms with Crippen LogP contribution in [0, 0.1) is 23.0 Å². The molecule has 4 N–H and O–H groups in total. The fourth-order valence-corrected chi connectivity index (χ4v) is 2.00. The average molecular weight is 294 g/mol. The fraction of sp³-hybridized carbons (Fsp3) is 0.500. The van der Waals surface area contributed by atoms with Crippen LogP contribution in [-0.2, 0) is 4.79 Å². The zero-order chi connectivity index (χ0) is 15.8. The summed E-state index contributed by atoms with van der Waals surface area (Å²) in [4.78, 5) is 21.6. The Balaban J connectivity index is 2.70. The van der Waals surface area contributed by atoms with E-state index in [0.717, 1.165) is 12.0 Å². The Kier molecular flexibility index (Phi) is 6.61. The molecule has 0 bridgehead atoms. The number of anilines is 1. The van der Waals surface area contributed by atoms with E-state index in [2.05, 4.69) is 10.6 Å². The third-order valence-corrected chi connectivity index (χ3v) is 3.15. The van der Waals surface area contributed by atoms with Crippen molar-refractivity contribution in [1.82, 2.24) is 5.32 Å². The summed E-state index contributed by atoms with van der Waals surface area (Å²) in [7, 11) is 0. The van der Waals surface area contributed by atoms with Gasteiger partial charge in [0.05, 0.1) is 4.92 Å². The molecule has 0 radical (unpaired) electrons. The van der Waals surface area contributed by atoms with Crippen LogP contribution in [-0.4, -0.2) is 30.5 Å². The monoisotopic (exact) mass is 294 g/mol. The van der Waals surface area contributed by atoms with Crippen molar-refractivity contribution in [2.45, 2.75) is 20.3 Å². The molecule has 0 fully saturated rings. The highest BCUT2D eigenvalue weighted by Crippen LogP contribution is 2.25. The van der Waals surface area contributed by atoms with Crippen LogP contribution >= 0.6 is 0 Å². The lowest BCUT2D eigenvalue weighted by atomic mass is 10.1. The molecule has 0 heterocycles. The van der Waals surface area contributed by atoms with Crippen LogP contribution in [0.2, 0.25) is 0 Å². The van der Waals surface area contributed by atoms with E-state index in [-0.39, 0.29) is 17.5 Å². The second kappa shape index (κ2) is 8.21. The quantitative estimate of drug-likeness (QED) is 0.496. The molecule has 1 amide bonds. The van der Waals surface area contributed by atoms with Crippen molar-refractivity contribution in [3.8, 4) is 0 Å². The first kappa shape index (κ1) is 16.9. The maximum atomic E-state index is 11.0. The first-order valence-electron chi connectivity index (χ1n) is 6.87. The topological polar surface area (TPSA) is 110 Å². The molecule has 116 valence electrons. The Morgan fingerprint density at radius 2 is 2.14 bits per heavy atom. The number of hydrogen-bond donors (Lipinski definition) is 3. The number of aryl methyl sites for hydroxylation is 1.